The highest BCUT2D eigenvalue weighted by Gasteiger charge is 2.47. The van der Waals surface area contributed by atoms with E-state index >= 15 is 0 Å². The maximum Gasteiger partial charge on any atom is 0.0709 e. The predicted octanol–water partition coefficient (Wildman–Crippen LogP) is 0.690. The van der Waals surface area contributed by atoms with E-state index in [0.29, 0.717) is 0 Å². The van der Waals surface area contributed by atoms with Crippen molar-refractivity contribution in [2.45, 2.75) is 37.4 Å². The zero-order valence-electron chi connectivity index (χ0n) is 5.47. The molecule has 0 aromatic rings. The zero-order valence-corrected chi connectivity index (χ0v) is 5.47. The van der Waals surface area contributed by atoms with Crippen molar-refractivity contribution in [2.24, 2.45) is 0 Å². The van der Waals surface area contributed by atoms with E-state index in [-0.39, 0.29) is 11.7 Å². The highest BCUT2D eigenvalue weighted by Crippen LogP contribution is 2.46. The summed E-state index contributed by atoms with van der Waals surface area (Å²) >= 11 is 0. The molecule has 1 atom stereocenters. The standard InChI is InChI=1S/C7H12O2/c8-6-1-4-9-7(5-6)2-3-7/h6,8H,1-5H2/t6-/m0/s1. The Hall–Kier alpha value is -0.0800. The third kappa shape index (κ3) is 0.970. The van der Waals surface area contributed by atoms with E-state index in [1.165, 1.54) is 12.8 Å². The first-order valence-electron chi connectivity index (χ1n) is 3.63. The fourth-order valence-electron chi connectivity index (χ4n) is 1.49. The van der Waals surface area contributed by atoms with Gasteiger partial charge in [-0.1, -0.05) is 0 Å². The lowest BCUT2D eigenvalue weighted by Crippen LogP contribution is -2.30. The summed E-state index contributed by atoms with van der Waals surface area (Å²) in [6.45, 7) is 0.765. The Morgan fingerprint density at radius 2 is 2.22 bits per heavy atom. The lowest BCUT2D eigenvalue weighted by Gasteiger charge is -2.25. The number of ether oxygens (including phenoxy) is 1. The van der Waals surface area contributed by atoms with Gasteiger partial charge in [0, 0.05) is 13.0 Å². The topological polar surface area (TPSA) is 29.5 Å². The molecule has 2 nitrogen and oxygen atoms in total. The van der Waals surface area contributed by atoms with Crippen LogP contribution in [-0.2, 0) is 4.74 Å². The number of rotatable bonds is 0. The van der Waals surface area contributed by atoms with E-state index in [4.69, 9.17) is 4.74 Å². The summed E-state index contributed by atoms with van der Waals surface area (Å²) in [6, 6.07) is 0. The molecule has 0 unspecified atom stereocenters. The Kier molecular flexibility index (Phi) is 1.08. The van der Waals surface area contributed by atoms with Gasteiger partial charge in [-0.05, 0) is 19.3 Å². The third-order valence-electron chi connectivity index (χ3n) is 2.27. The fourth-order valence-corrected chi connectivity index (χ4v) is 1.49. The van der Waals surface area contributed by atoms with Gasteiger partial charge in [0.05, 0.1) is 11.7 Å². The van der Waals surface area contributed by atoms with E-state index in [1.54, 1.807) is 0 Å². The molecule has 52 valence electrons. The fraction of sp³-hybridized carbons (Fsp3) is 1.00. The van der Waals surface area contributed by atoms with Crippen molar-refractivity contribution in [1.82, 2.24) is 0 Å². The molecule has 1 N–H and O–H groups in total. The average molecular weight is 128 g/mol. The molecule has 0 aromatic carbocycles. The maximum absolute atomic E-state index is 9.20. The van der Waals surface area contributed by atoms with Crippen LogP contribution in [0, 0.1) is 0 Å². The average Bonchev–Trinajstić information content (AvgIpc) is 2.49. The molecule has 2 fully saturated rings. The second kappa shape index (κ2) is 1.70. The Labute approximate surface area is 54.8 Å². The molecule has 0 bridgehead atoms. The van der Waals surface area contributed by atoms with E-state index in [0.717, 1.165) is 19.4 Å². The molecule has 1 spiro atoms. The highest BCUT2D eigenvalue weighted by molar-refractivity contribution is 4.99. The largest absolute Gasteiger partial charge is 0.393 e. The minimum atomic E-state index is -0.0822. The zero-order chi connectivity index (χ0) is 6.32. The molecule has 0 radical (unpaired) electrons. The van der Waals surface area contributed by atoms with Crippen LogP contribution in [0.4, 0.5) is 0 Å². The van der Waals surface area contributed by atoms with Gasteiger partial charge in [0.25, 0.3) is 0 Å². The van der Waals surface area contributed by atoms with Gasteiger partial charge in [-0.15, -0.1) is 0 Å². The molecule has 1 saturated carbocycles. The van der Waals surface area contributed by atoms with Gasteiger partial charge >= 0.3 is 0 Å². The maximum atomic E-state index is 9.20. The Morgan fingerprint density at radius 3 is 2.67 bits per heavy atom. The van der Waals surface area contributed by atoms with E-state index in [9.17, 15) is 5.11 Å². The SMILES string of the molecule is O[C@H]1CCOC2(CC2)C1. The smallest absolute Gasteiger partial charge is 0.0709 e. The number of hydrogen-bond acceptors (Lipinski definition) is 2. The van der Waals surface area contributed by atoms with Crippen LogP contribution in [0.2, 0.25) is 0 Å². The number of aliphatic hydroxyl groups excluding tert-OH is 1. The van der Waals surface area contributed by atoms with E-state index in [1.807, 2.05) is 0 Å². The Balaban J connectivity index is 1.96. The second-order valence-corrected chi connectivity index (χ2v) is 3.18. The molecule has 0 aromatic heterocycles. The lowest BCUT2D eigenvalue weighted by atomic mass is 10.1. The first kappa shape index (κ1) is 5.69. The normalized spacial score (nSPS) is 39.0. The molecule has 0 amide bonds. The van der Waals surface area contributed by atoms with Crippen LogP contribution in [0.25, 0.3) is 0 Å². The van der Waals surface area contributed by atoms with Gasteiger partial charge in [-0.25, -0.2) is 0 Å². The van der Waals surface area contributed by atoms with E-state index < -0.39 is 0 Å². The summed E-state index contributed by atoms with van der Waals surface area (Å²) in [7, 11) is 0. The Bertz CT molecular complexity index is 118. The Morgan fingerprint density at radius 1 is 1.44 bits per heavy atom. The highest BCUT2D eigenvalue weighted by atomic mass is 16.5. The third-order valence-corrected chi connectivity index (χ3v) is 2.27. The predicted molar refractivity (Wildman–Crippen MR) is 33.2 cm³/mol. The summed E-state index contributed by atoms with van der Waals surface area (Å²) in [4.78, 5) is 0. The van der Waals surface area contributed by atoms with Gasteiger partial charge in [0.2, 0.25) is 0 Å². The molecule has 2 rings (SSSR count). The van der Waals surface area contributed by atoms with Crippen molar-refractivity contribution in [1.29, 1.82) is 0 Å². The van der Waals surface area contributed by atoms with Gasteiger partial charge in [-0.3, -0.25) is 0 Å². The van der Waals surface area contributed by atoms with Gasteiger partial charge in [0.15, 0.2) is 0 Å². The van der Waals surface area contributed by atoms with Crippen molar-refractivity contribution in [2.75, 3.05) is 6.61 Å². The van der Waals surface area contributed by atoms with Crippen molar-refractivity contribution < 1.29 is 9.84 Å². The number of hydrogen-bond donors (Lipinski definition) is 1. The summed E-state index contributed by atoms with van der Waals surface area (Å²) < 4.78 is 5.49. The summed E-state index contributed by atoms with van der Waals surface area (Å²) in [5.41, 5.74) is 0.150. The molecule has 1 heterocycles. The minimum absolute atomic E-state index is 0.0822. The van der Waals surface area contributed by atoms with Crippen molar-refractivity contribution in [3.63, 3.8) is 0 Å². The first-order valence-corrected chi connectivity index (χ1v) is 3.63. The molecular weight excluding hydrogens is 116 g/mol. The van der Waals surface area contributed by atoms with Crippen LogP contribution in [0.5, 0.6) is 0 Å². The van der Waals surface area contributed by atoms with Crippen molar-refractivity contribution >= 4 is 0 Å². The van der Waals surface area contributed by atoms with Crippen LogP contribution < -0.4 is 0 Å². The van der Waals surface area contributed by atoms with Crippen LogP contribution in [0.15, 0.2) is 0 Å². The summed E-state index contributed by atoms with van der Waals surface area (Å²) in [6.07, 6.45) is 3.98. The van der Waals surface area contributed by atoms with Gasteiger partial charge in [0.1, 0.15) is 0 Å². The van der Waals surface area contributed by atoms with Crippen molar-refractivity contribution in [3.8, 4) is 0 Å². The van der Waals surface area contributed by atoms with Crippen molar-refractivity contribution in [3.05, 3.63) is 0 Å². The monoisotopic (exact) mass is 128 g/mol. The van der Waals surface area contributed by atoms with Gasteiger partial charge < -0.3 is 9.84 Å². The molecule has 1 aliphatic heterocycles. The lowest BCUT2D eigenvalue weighted by molar-refractivity contribution is -0.0590. The summed E-state index contributed by atoms with van der Waals surface area (Å²) in [5.74, 6) is 0. The molecular formula is C7H12O2. The van der Waals surface area contributed by atoms with Gasteiger partial charge in [-0.2, -0.15) is 0 Å². The van der Waals surface area contributed by atoms with Crippen LogP contribution >= 0.6 is 0 Å². The summed E-state index contributed by atoms with van der Waals surface area (Å²) in [5, 5.41) is 9.20. The molecule has 1 aliphatic carbocycles. The molecule has 2 heteroatoms. The quantitative estimate of drug-likeness (QED) is 0.520. The number of aliphatic hydroxyl groups is 1. The first-order chi connectivity index (χ1) is 4.31. The molecule has 1 saturated heterocycles. The van der Waals surface area contributed by atoms with Crippen LogP contribution in [-0.4, -0.2) is 23.4 Å². The van der Waals surface area contributed by atoms with E-state index in [2.05, 4.69) is 0 Å². The minimum Gasteiger partial charge on any atom is -0.393 e. The van der Waals surface area contributed by atoms with Crippen LogP contribution in [0.1, 0.15) is 25.7 Å². The van der Waals surface area contributed by atoms with Crippen LogP contribution in [0.3, 0.4) is 0 Å². The second-order valence-electron chi connectivity index (χ2n) is 3.18. The molecule has 9 heavy (non-hydrogen) atoms. The molecule has 2 aliphatic rings.